The summed E-state index contributed by atoms with van der Waals surface area (Å²) in [6, 6.07) is 10.5. The minimum Gasteiger partial charge on any atom is -0.477 e. The Labute approximate surface area is 179 Å². The molecular weight excluding hydrogens is 398 g/mol. The molecule has 1 aromatic carbocycles. The van der Waals surface area contributed by atoms with Gasteiger partial charge in [0.05, 0.1) is 24.5 Å². The Morgan fingerprint density at radius 3 is 2.65 bits per heavy atom. The molecule has 2 amide bonds. The summed E-state index contributed by atoms with van der Waals surface area (Å²) in [7, 11) is 0. The topological polar surface area (TPSA) is 120 Å². The molecule has 0 bridgehead atoms. The number of nitrogens with zero attached hydrogens (tertiary/aromatic N) is 2. The zero-order valence-electron chi connectivity index (χ0n) is 17.0. The van der Waals surface area contributed by atoms with Gasteiger partial charge in [-0.1, -0.05) is 24.3 Å². The normalized spacial score (nSPS) is 20.8. The average Bonchev–Trinajstić information content (AvgIpc) is 3.08. The molecular formula is C23H23N3O5. The van der Waals surface area contributed by atoms with Crippen LogP contribution in [-0.2, 0) is 27.3 Å². The van der Waals surface area contributed by atoms with E-state index in [1.165, 1.54) is 4.90 Å². The van der Waals surface area contributed by atoms with Gasteiger partial charge in [-0.05, 0) is 47.7 Å². The van der Waals surface area contributed by atoms with Crippen molar-refractivity contribution in [3.8, 4) is 0 Å². The van der Waals surface area contributed by atoms with Crippen LogP contribution in [0, 0.1) is 5.92 Å². The Morgan fingerprint density at radius 2 is 1.97 bits per heavy atom. The Hall–Kier alpha value is -3.52. The first-order chi connectivity index (χ1) is 14.9. The van der Waals surface area contributed by atoms with Gasteiger partial charge in [0, 0.05) is 18.9 Å². The third-order valence-electron chi connectivity index (χ3n) is 5.81. The van der Waals surface area contributed by atoms with E-state index in [0.29, 0.717) is 24.1 Å². The van der Waals surface area contributed by atoms with E-state index in [4.69, 9.17) is 0 Å². The molecule has 0 saturated carbocycles. The number of aromatic nitrogens is 1. The van der Waals surface area contributed by atoms with Crippen molar-refractivity contribution in [2.75, 3.05) is 0 Å². The first-order valence-corrected chi connectivity index (χ1v) is 10.1. The van der Waals surface area contributed by atoms with E-state index in [0.717, 1.165) is 11.1 Å². The number of carbonyl (C=O) groups excluding carboxylic acids is 2. The molecule has 160 valence electrons. The number of aliphatic hydroxyl groups excluding tert-OH is 1. The summed E-state index contributed by atoms with van der Waals surface area (Å²) in [5, 5.41) is 22.5. The van der Waals surface area contributed by atoms with Crippen LogP contribution in [0.15, 0.2) is 54.5 Å². The van der Waals surface area contributed by atoms with Crippen molar-refractivity contribution in [2.45, 2.75) is 38.5 Å². The number of hydrogen-bond acceptors (Lipinski definition) is 5. The lowest BCUT2D eigenvalue weighted by Gasteiger charge is -2.44. The molecule has 2 aliphatic heterocycles. The summed E-state index contributed by atoms with van der Waals surface area (Å²) in [4.78, 5) is 41.9. The summed E-state index contributed by atoms with van der Waals surface area (Å²) in [5.74, 6) is -2.27. The van der Waals surface area contributed by atoms with Crippen LogP contribution in [0.2, 0.25) is 0 Å². The fourth-order valence-corrected chi connectivity index (χ4v) is 4.35. The number of carboxylic acid groups (broad SMARTS) is 1. The molecule has 2 aliphatic rings. The van der Waals surface area contributed by atoms with Crippen molar-refractivity contribution in [2.24, 2.45) is 5.92 Å². The van der Waals surface area contributed by atoms with Crippen LogP contribution in [0.4, 0.5) is 0 Å². The summed E-state index contributed by atoms with van der Waals surface area (Å²) >= 11 is 0. The van der Waals surface area contributed by atoms with Crippen LogP contribution in [0.25, 0.3) is 5.57 Å². The van der Waals surface area contributed by atoms with Crippen molar-refractivity contribution < 1.29 is 24.6 Å². The molecule has 4 rings (SSSR count). The van der Waals surface area contributed by atoms with Crippen molar-refractivity contribution in [3.63, 3.8) is 0 Å². The van der Waals surface area contributed by atoms with Gasteiger partial charge in [-0.2, -0.15) is 0 Å². The largest absolute Gasteiger partial charge is 0.477 e. The molecule has 0 unspecified atom stereocenters. The molecule has 0 spiro atoms. The SMILES string of the molecule is C[C@@H](O)[C@H]1C(=O)N2C(C(=O)O)=C(c3cccc(CC(=O)NCc4ccncc4)c3)C[C@H]12. The third kappa shape index (κ3) is 3.94. The van der Waals surface area contributed by atoms with Gasteiger partial charge in [0.25, 0.3) is 0 Å². The number of rotatable bonds is 7. The second-order valence-electron chi connectivity index (χ2n) is 7.89. The van der Waals surface area contributed by atoms with Crippen molar-refractivity contribution >= 4 is 23.4 Å². The van der Waals surface area contributed by atoms with Crippen LogP contribution < -0.4 is 5.32 Å². The number of pyridine rings is 1. The van der Waals surface area contributed by atoms with Gasteiger partial charge in [-0.3, -0.25) is 14.6 Å². The summed E-state index contributed by atoms with van der Waals surface area (Å²) in [6.07, 6.45) is 3.00. The summed E-state index contributed by atoms with van der Waals surface area (Å²) in [5.41, 5.74) is 2.87. The summed E-state index contributed by atoms with van der Waals surface area (Å²) < 4.78 is 0. The smallest absolute Gasteiger partial charge is 0.352 e. The first kappa shape index (κ1) is 20.7. The Kier molecular flexibility index (Phi) is 5.56. The molecule has 2 aromatic rings. The fraction of sp³-hybridized carbons (Fsp3) is 0.304. The molecule has 1 aromatic heterocycles. The number of amides is 2. The molecule has 31 heavy (non-hydrogen) atoms. The molecule has 3 N–H and O–H groups in total. The van der Waals surface area contributed by atoms with Crippen LogP contribution in [-0.4, -0.2) is 50.0 Å². The zero-order valence-corrected chi connectivity index (χ0v) is 17.0. The quantitative estimate of drug-likeness (QED) is 0.581. The van der Waals surface area contributed by atoms with E-state index in [-0.39, 0.29) is 30.0 Å². The highest BCUT2D eigenvalue weighted by Crippen LogP contribution is 2.46. The van der Waals surface area contributed by atoms with Crippen LogP contribution in [0.1, 0.15) is 30.0 Å². The number of aliphatic hydroxyl groups is 1. The molecule has 0 radical (unpaired) electrons. The number of hydrogen-bond donors (Lipinski definition) is 3. The monoisotopic (exact) mass is 421 g/mol. The Balaban J connectivity index is 1.51. The maximum atomic E-state index is 12.4. The second-order valence-corrected chi connectivity index (χ2v) is 7.89. The van der Waals surface area contributed by atoms with Crippen LogP contribution in [0.5, 0.6) is 0 Å². The van der Waals surface area contributed by atoms with Gasteiger partial charge in [0.1, 0.15) is 5.70 Å². The lowest BCUT2D eigenvalue weighted by Crippen LogP contribution is -2.61. The lowest BCUT2D eigenvalue weighted by molar-refractivity contribution is -0.161. The maximum absolute atomic E-state index is 12.4. The number of benzene rings is 1. The molecule has 1 saturated heterocycles. The van der Waals surface area contributed by atoms with Crippen molar-refractivity contribution in [1.29, 1.82) is 0 Å². The van der Waals surface area contributed by atoms with E-state index in [9.17, 15) is 24.6 Å². The van der Waals surface area contributed by atoms with Gasteiger partial charge in [0.2, 0.25) is 11.8 Å². The number of β-lactam (4-membered cyclic amide) rings is 1. The van der Waals surface area contributed by atoms with Crippen LogP contribution in [0.3, 0.4) is 0 Å². The minimum absolute atomic E-state index is 0.0359. The van der Waals surface area contributed by atoms with Crippen molar-refractivity contribution in [1.82, 2.24) is 15.2 Å². The van der Waals surface area contributed by atoms with E-state index in [1.54, 1.807) is 37.5 Å². The standard InChI is InChI=1S/C23H23N3O5/c1-13(27)20-18-11-17(21(23(30)31)26(18)22(20)29)16-4-2-3-15(9-16)10-19(28)25-12-14-5-7-24-8-6-14/h2-9,13,18,20,27H,10-12H2,1H3,(H,25,28)(H,30,31)/t13-,18-,20-/m1/s1. The fourth-order valence-electron chi connectivity index (χ4n) is 4.35. The highest BCUT2D eigenvalue weighted by molar-refractivity contribution is 6.06. The highest BCUT2D eigenvalue weighted by Gasteiger charge is 2.56. The molecule has 3 atom stereocenters. The van der Waals surface area contributed by atoms with E-state index >= 15 is 0 Å². The lowest BCUT2D eigenvalue weighted by atomic mass is 9.82. The predicted octanol–water partition coefficient (Wildman–Crippen LogP) is 1.35. The summed E-state index contributed by atoms with van der Waals surface area (Å²) in [6.45, 7) is 1.94. The molecule has 8 heteroatoms. The Morgan fingerprint density at radius 1 is 1.23 bits per heavy atom. The van der Waals surface area contributed by atoms with Gasteiger partial charge in [-0.25, -0.2) is 4.79 Å². The molecule has 3 heterocycles. The number of nitrogens with one attached hydrogen (secondary N) is 1. The zero-order chi connectivity index (χ0) is 22.1. The average molecular weight is 421 g/mol. The molecule has 8 nitrogen and oxygen atoms in total. The molecule has 1 fully saturated rings. The maximum Gasteiger partial charge on any atom is 0.352 e. The van der Waals surface area contributed by atoms with Crippen LogP contribution >= 0.6 is 0 Å². The van der Waals surface area contributed by atoms with Gasteiger partial charge >= 0.3 is 5.97 Å². The van der Waals surface area contributed by atoms with E-state index in [1.807, 2.05) is 18.2 Å². The molecule has 0 aliphatic carbocycles. The Bertz CT molecular complexity index is 1060. The van der Waals surface area contributed by atoms with Gasteiger partial charge in [0.15, 0.2) is 0 Å². The number of aliphatic carboxylic acids is 1. The predicted molar refractivity (Wildman–Crippen MR) is 111 cm³/mol. The number of carboxylic acids is 1. The second kappa shape index (κ2) is 8.31. The minimum atomic E-state index is -1.17. The first-order valence-electron chi connectivity index (χ1n) is 10.1. The number of fused-ring (bicyclic) bond motifs is 1. The van der Waals surface area contributed by atoms with E-state index in [2.05, 4.69) is 10.3 Å². The highest BCUT2D eigenvalue weighted by atomic mass is 16.4. The van der Waals surface area contributed by atoms with E-state index < -0.39 is 18.0 Å². The van der Waals surface area contributed by atoms with Gasteiger partial charge < -0.3 is 20.4 Å². The number of carbonyl (C=O) groups is 3. The van der Waals surface area contributed by atoms with Gasteiger partial charge in [-0.15, -0.1) is 0 Å². The third-order valence-corrected chi connectivity index (χ3v) is 5.81. The van der Waals surface area contributed by atoms with Crippen molar-refractivity contribution in [3.05, 3.63) is 71.2 Å².